The van der Waals surface area contributed by atoms with Gasteiger partial charge in [-0.25, -0.2) is 18.2 Å². The zero-order valence-corrected chi connectivity index (χ0v) is 19.4. The van der Waals surface area contributed by atoms with Crippen molar-refractivity contribution in [1.82, 2.24) is 19.7 Å². The quantitative estimate of drug-likeness (QED) is 0.476. The smallest absolute Gasteiger partial charge is 0.368 e. The van der Waals surface area contributed by atoms with Gasteiger partial charge in [0, 0.05) is 38.0 Å². The first-order chi connectivity index (χ1) is 16.8. The number of amides is 1. The second kappa shape index (κ2) is 9.47. The molecule has 0 spiro atoms. The molecule has 4 rings (SSSR count). The summed E-state index contributed by atoms with van der Waals surface area (Å²) in [6, 6.07) is 6.65. The number of halogens is 6. The lowest BCUT2D eigenvalue weighted by Crippen LogP contribution is -2.57. The molecule has 6 nitrogen and oxygen atoms in total. The molecule has 0 aliphatic carbocycles. The highest BCUT2D eigenvalue weighted by atomic mass is 19.4. The van der Waals surface area contributed by atoms with Crippen molar-refractivity contribution in [3.05, 3.63) is 65.9 Å². The zero-order chi connectivity index (χ0) is 26.3. The average molecular weight is 511 g/mol. The Morgan fingerprint density at radius 1 is 1.17 bits per heavy atom. The van der Waals surface area contributed by atoms with Crippen LogP contribution in [0.15, 0.2) is 48.8 Å². The lowest BCUT2D eigenvalue weighted by atomic mass is 9.88. The van der Waals surface area contributed by atoms with Gasteiger partial charge in [0.25, 0.3) is 11.8 Å². The molecule has 1 unspecified atom stereocenters. The average Bonchev–Trinajstić information content (AvgIpc) is 3.19. The highest BCUT2D eigenvalue weighted by molar-refractivity contribution is 5.99. The molecule has 0 bridgehead atoms. The van der Waals surface area contributed by atoms with Crippen LogP contribution >= 0.6 is 0 Å². The second-order valence-corrected chi connectivity index (χ2v) is 8.92. The highest BCUT2D eigenvalue weighted by Crippen LogP contribution is 2.36. The van der Waals surface area contributed by atoms with Crippen LogP contribution in [0, 0.1) is 11.7 Å². The first kappa shape index (κ1) is 25.5. The van der Waals surface area contributed by atoms with Gasteiger partial charge in [0.1, 0.15) is 11.6 Å². The van der Waals surface area contributed by atoms with Crippen LogP contribution in [-0.2, 0) is 13.2 Å². The lowest BCUT2D eigenvalue weighted by Gasteiger charge is -2.43. The fourth-order valence-electron chi connectivity index (χ4n) is 4.38. The molecule has 3 aromatic rings. The molecule has 0 saturated carbocycles. The molecule has 1 aliphatic heterocycles. The summed E-state index contributed by atoms with van der Waals surface area (Å²) in [4.78, 5) is 18.3. The minimum atomic E-state index is -4.54. The molecule has 1 fully saturated rings. The predicted octanol–water partition coefficient (Wildman–Crippen LogP) is 5.24. The molecule has 1 amide bonds. The maximum absolute atomic E-state index is 14.5. The number of hydrogen-bond donors (Lipinski definition) is 1. The number of hydrogen-bond acceptors (Lipinski definition) is 4. The summed E-state index contributed by atoms with van der Waals surface area (Å²) in [5.41, 5.74) is -0.126. The van der Waals surface area contributed by atoms with Crippen molar-refractivity contribution in [3.63, 3.8) is 0 Å². The van der Waals surface area contributed by atoms with E-state index in [2.05, 4.69) is 15.4 Å². The Hall–Kier alpha value is -3.57. The molecular weight excluding hydrogens is 488 g/mol. The number of piperidine rings is 1. The van der Waals surface area contributed by atoms with E-state index in [9.17, 15) is 31.1 Å². The van der Waals surface area contributed by atoms with Gasteiger partial charge < -0.3 is 10.2 Å². The van der Waals surface area contributed by atoms with E-state index < -0.39 is 54.3 Å². The number of pyridine rings is 1. The summed E-state index contributed by atoms with van der Waals surface area (Å²) in [5.74, 6) is -4.86. The molecule has 1 aliphatic rings. The van der Waals surface area contributed by atoms with E-state index in [0.29, 0.717) is 17.3 Å². The van der Waals surface area contributed by atoms with E-state index >= 15 is 0 Å². The number of likely N-dealkylation sites (tertiary alicyclic amines) is 1. The molecule has 1 N–H and O–H groups in total. The van der Waals surface area contributed by atoms with Crippen LogP contribution < -0.4 is 5.32 Å². The van der Waals surface area contributed by atoms with Crippen LogP contribution in [0.4, 0.5) is 32.2 Å². The summed E-state index contributed by atoms with van der Waals surface area (Å²) in [7, 11) is 1.58. The number of aromatic nitrogens is 3. The largest absolute Gasteiger partial charge is 0.417 e. The van der Waals surface area contributed by atoms with Crippen molar-refractivity contribution < 1.29 is 31.1 Å². The van der Waals surface area contributed by atoms with Crippen LogP contribution in [0.5, 0.6) is 0 Å². The first-order valence-corrected chi connectivity index (χ1v) is 11.1. The standard InChI is InChI=1S/C24H23F6N5O/c1-14-9-23(26,27)13-35(19(14)11-32-20-8-5-16(10-31-20)24(28,29)30)22(36)21-18(12-34(2)33-21)15-3-6-17(25)7-4-15/h3-8,10,12,14,19H,9,11,13H2,1-2H3,(H,31,32)/t14-,19?/m1/s1. The van der Waals surface area contributed by atoms with Gasteiger partial charge in [-0.15, -0.1) is 0 Å². The summed E-state index contributed by atoms with van der Waals surface area (Å²) in [6.45, 7) is 0.724. The van der Waals surface area contributed by atoms with Crippen LogP contribution in [0.2, 0.25) is 0 Å². The van der Waals surface area contributed by atoms with E-state index in [1.165, 1.54) is 28.9 Å². The molecule has 12 heteroatoms. The minimum Gasteiger partial charge on any atom is -0.368 e. The van der Waals surface area contributed by atoms with E-state index in [-0.39, 0.29) is 18.1 Å². The third-order valence-corrected chi connectivity index (χ3v) is 6.11. The van der Waals surface area contributed by atoms with Gasteiger partial charge in [-0.3, -0.25) is 9.48 Å². The molecule has 2 aromatic heterocycles. The number of nitrogens with zero attached hydrogens (tertiary/aromatic N) is 4. The molecule has 1 aromatic carbocycles. The summed E-state index contributed by atoms with van der Waals surface area (Å²) >= 11 is 0. The second-order valence-electron chi connectivity index (χ2n) is 8.92. The number of aryl methyl sites for hydroxylation is 1. The Balaban J connectivity index is 1.60. The van der Waals surface area contributed by atoms with Crippen molar-refractivity contribution in [3.8, 4) is 11.1 Å². The number of carbonyl (C=O) groups excluding carboxylic acids is 1. The van der Waals surface area contributed by atoms with Crippen LogP contribution in [-0.4, -0.2) is 50.6 Å². The number of rotatable bonds is 5. The fourth-order valence-corrected chi connectivity index (χ4v) is 4.38. The number of nitrogens with one attached hydrogen (secondary N) is 1. The van der Waals surface area contributed by atoms with Crippen molar-refractivity contribution >= 4 is 11.7 Å². The van der Waals surface area contributed by atoms with Gasteiger partial charge in [0.2, 0.25) is 0 Å². The van der Waals surface area contributed by atoms with Gasteiger partial charge in [-0.05, 0) is 35.7 Å². The van der Waals surface area contributed by atoms with Crippen molar-refractivity contribution in [1.29, 1.82) is 0 Å². The first-order valence-electron chi connectivity index (χ1n) is 11.1. The number of carbonyl (C=O) groups is 1. The van der Waals surface area contributed by atoms with Gasteiger partial charge in [-0.1, -0.05) is 19.1 Å². The van der Waals surface area contributed by atoms with Crippen molar-refractivity contribution in [2.24, 2.45) is 13.0 Å². The normalized spacial score (nSPS) is 19.8. The van der Waals surface area contributed by atoms with Crippen LogP contribution in [0.1, 0.15) is 29.4 Å². The van der Waals surface area contributed by atoms with Crippen molar-refractivity contribution in [2.45, 2.75) is 31.5 Å². The summed E-state index contributed by atoms with van der Waals surface area (Å²) < 4.78 is 82.2. The number of benzene rings is 1. The monoisotopic (exact) mass is 511 g/mol. The highest BCUT2D eigenvalue weighted by Gasteiger charge is 2.46. The molecular formula is C24H23F6N5O. The van der Waals surface area contributed by atoms with E-state index in [0.717, 1.165) is 17.0 Å². The van der Waals surface area contributed by atoms with Gasteiger partial charge >= 0.3 is 6.18 Å². The molecule has 1 saturated heterocycles. The van der Waals surface area contributed by atoms with Gasteiger partial charge in [0.15, 0.2) is 5.69 Å². The summed E-state index contributed by atoms with van der Waals surface area (Å²) in [5, 5.41) is 7.05. The maximum Gasteiger partial charge on any atom is 0.417 e. The zero-order valence-electron chi connectivity index (χ0n) is 19.4. The molecule has 36 heavy (non-hydrogen) atoms. The topological polar surface area (TPSA) is 63.1 Å². The van der Waals surface area contributed by atoms with Crippen LogP contribution in [0.3, 0.4) is 0 Å². The minimum absolute atomic E-state index is 0.0138. The Morgan fingerprint density at radius 3 is 2.47 bits per heavy atom. The predicted molar refractivity (Wildman–Crippen MR) is 120 cm³/mol. The molecule has 2 atom stereocenters. The Bertz CT molecular complexity index is 1220. The van der Waals surface area contributed by atoms with Gasteiger partial charge in [-0.2, -0.15) is 18.3 Å². The molecule has 3 heterocycles. The van der Waals surface area contributed by atoms with E-state index in [1.807, 2.05) is 0 Å². The Kier molecular flexibility index (Phi) is 6.72. The molecule has 192 valence electrons. The molecule has 0 radical (unpaired) electrons. The van der Waals surface area contributed by atoms with E-state index in [1.54, 1.807) is 20.2 Å². The summed E-state index contributed by atoms with van der Waals surface area (Å²) in [6.07, 6.45) is -2.78. The maximum atomic E-state index is 14.5. The third-order valence-electron chi connectivity index (χ3n) is 6.11. The Labute approximate surface area is 202 Å². The number of alkyl halides is 5. The van der Waals surface area contributed by atoms with Crippen molar-refractivity contribution in [2.75, 3.05) is 18.4 Å². The number of anilines is 1. The van der Waals surface area contributed by atoms with E-state index in [4.69, 9.17) is 0 Å². The lowest BCUT2D eigenvalue weighted by molar-refractivity contribution is -0.137. The third kappa shape index (κ3) is 5.47. The van der Waals surface area contributed by atoms with Crippen LogP contribution in [0.25, 0.3) is 11.1 Å². The SMILES string of the molecule is C[C@@H]1CC(F)(F)CN(C(=O)c2nn(C)cc2-c2ccc(F)cc2)C1CNc1ccc(C(F)(F)F)cn1. The van der Waals surface area contributed by atoms with Gasteiger partial charge in [0.05, 0.1) is 18.2 Å². The fraction of sp³-hybridized carbons (Fsp3) is 0.375. The Morgan fingerprint density at radius 2 is 1.86 bits per heavy atom.